The molecule has 1 aliphatic carbocycles. The molecule has 0 spiro atoms. The van der Waals surface area contributed by atoms with Crippen LogP contribution >= 0.6 is 0 Å². The van der Waals surface area contributed by atoms with Gasteiger partial charge in [-0.05, 0) is 32.0 Å². The molecule has 2 bridgehead atoms. The molecule has 2 N–H and O–H groups in total. The van der Waals surface area contributed by atoms with Gasteiger partial charge < -0.3 is 14.8 Å². The summed E-state index contributed by atoms with van der Waals surface area (Å²) < 4.78 is 5.18. The third kappa shape index (κ3) is 2.48. The normalized spacial score (nSPS) is 29.4. The molecule has 0 unspecified atom stereocenters. The second kappa shape index (κ2) is 6.87. The molecule has 1 aliphatic heterocycles. The third-order valence-electron chi connectivity index (χ3n) is 6.71. The maximum Gasteiger partial charge on any atom is 0.316 e. The number of benzene rings is 1. The second-order valence-electron chi connectivity index (χ2n) is 7.89. The van der Waals surface area contributed by atoms with E-state index in [-0.39, 0.29) is 30.8 Å². The van der Waals surface area contributed by atoms with E-state index in [9.17, 15) is 14.7 Å². The molecule has 4 rings (SSSR count). The van der Waals surface area contributed by atoms with E-state index >= 15 is 0 Å². The summed E-state index contributed by atoms with van der Waals surface area (Å²) in [5, 5.41) is 11.5. The summed E-state index contributed by atoms with van der Waals surface area (Å²) in [5.41, 5.74) is 2.28. The van der Waals surface area contributed by atoms with E-state index < -0.39 is 11.4 Å². The van der Waals surface area contributed by atoms with Gasteiger partial charge in [0.05, 0.1) is 19.4 Å². The molecule has 2 aliphatic rings. The van der Waals surface area contributed by atoms with Gasteiger partial charge in [0.25, 0.3) is 0 Å². The van der Waals surface area contributed by atoms with Crippen LogP contribution in [0.25, 0.3) is 10.9 Å². The van der Waals surface area contributed by atoms with Crippen molar-refractivity contribution < 1.29 is 19.4 Å². The Balaban J connectivity index is 1.99. The van der Waals surface area contributed by atoms with Crippen molar-refractivity contribution >= 4 is 22.7 Å². The molecule has 6 heteroatoms. The second-order valence-corrected chi connectivity index (χ2v) is 7.89. The van der Waals surface area contributed by atoms with Crippen molar-refractivity contribution in [2.45, 2.75) is 25.8 Å². The van der Waals surface area contributed by atoms with Crippen molar-refractivity contribution in [3.8, 4) is 0 Å². The van der Waals surface area contributed by atoms with Crippen molar-refractivity contribution in [2.24, 2.45) is 11.3 Å². The number of para-hydroxylation sites is 1. The van der Waals surface area contributed by atoms with Crippen molar-refractivity contribution in [2.75, 3.05) is 27.3 Å². The van der Waals surface area contributed by atoms with E-state index in [1.807, 2.05) is 44.3 Å². The summed E-state index contributed by atoms with van der Waals surface area (Å²) in [6.07, 6.45) is 2.62. The van der Waals surface area contributed by atoms with E-state index in [1.165, 1.54) is 7.11 Å². The number of hydrogen-bond donors (Lipinski definition) is 2. The number of carbonyl (C=O) groups is 2. The quantitative estimate of drug-likeness (QED) is 0.615. The predicted octanol–water partition coefficient (Wildman–Crippen LogP) is 2.33. The molecular formula is C22H26N2O4. The van der Waals surface area contributed by atoms with E-state index in [2.05, 4.69) is 9.88 Å². The lowest BCUT2D eigenvalue weighted by Gasteiger charge is -2.52. The molecule has 2 heterocycles. The van der Waals surface area contributed by atoms with Gasteiger partial charge in [0.15, 0.2) is 5.78 Å². The number of carbonyl (C=O) groups excluding carboxylic acids is 2. The minimum atomic E-state index is -1.17. The number of likely N-dealkylation sites (tertiary alicyclic amines) is 1. The van der Waals surface area contributed by atoms with Gasteiger partial charge in [-0.25, -0.2) is 0 Å². The Hall–Kier alpha value is -2.44. The minimum Gasteiger partial charge on any atom is -0.468 e. The van der Waals surface area contributed by atoms with Crippen molar-refractivity contribution in [1.29, 1.82) is 0 Å². The molecule has 6 nitrogen and oxygen atoms in total. The van der Waals surface area contributed by atoms with Crippen LogP contribution in [0.5, 0.6) is 0 Å². The molecular weight excluding hydrogens is 356 g/mol. The van der Waals surface area contributed by atoms with E-state index in [1.54, 1.807) is 0 Å². The molecule has 28 heavy (non-hydrogen) atoms. The van der Waals surface area contributed by atoms with E-state index in [0.717, 1.165) is 22.0 Å². The van der Waals surface area contributed by atoms with Crippen molar-refractivity contribution in [3.05, 3.63) is 47.2 Å². The van der Waals surface area contributed by atoms with Crippen LogP contribution in [-0.4, -0.2) is 60.1 Å². The van der Waals surface area contributed by atoms with Gasteiger partial charge in [-0.15, -0.1) is 0 Å². The topological polar surface area (TPSA) is 82.6 Å². The Morgan fingerprint density at radius 1 is 1.39 bits per heavy atom. The number of esters is 1. The van der Waals surface area contributed by atoms with Gasteiger partial charge in [0.1, 0.15) is 5.41 Å². The number of H-pyrrole nitrogens is 1. The standard InChI is InChI=1S/C22H26N2O4/c1-4-13-11-24(2)19-9-15-14-7-5-6-8-17(14)23-20(15)18(26)10-16(13)22(19,12-25)21(27)28-3/h4-8,16,19,23,25H,9-12H2,1-3H3/b13-4+/t16-,19-,22-/m0/s1. The highest BCUT2D eigenvalue weighted by molar-refractivity contribution is 6.03. The van der Waals surface area contributed by atoms with Gasteiger partial charge in [-0.3, -0.25) is 14.5 Å². The Bertz CT molecular complexity index is 976. The van der Waals surface area contributed by atoms with Crippen LogP contribution in [0, 0.1) is 11.3 Å². The minimum absolute atomic E-state index is 0.0275. The molecule has 3 atom stereocenters. The Morgan fingerprint density at radius 2 is 2.14 bits per heavy atom. The maximum absolute atomic E-state index is 13.3. The summed E-state index contributed by atoms with van der Waals surface area (Å²) in [4.78, 5) is 31.8. The summed E-state index contributed by atoms with van der Waals surface area (Å²) in [7, 11) is 3.32. The summed E-state index contributed by atoms with van der Waals surface area (Å²) in [6, 6.07) is 7.57. The summed E-state index contributed by atoms with van der Waals surface area (Å²) >= 11 is 0. The van der Waals surface area contributed by atoms with Crippen molar-refractivity contribution in [3.63, 3.8) is 0 Å². The van der Waals surface area contributed by atoms with Crippen LogP contribution < -0.4 is 0 Å². The van der Waals surface area contributed by atoms with Crippen LogP contribution in [0.15, 0.2) is 35.9 Å². The highest BCUT2D eigenvalue weighted by Gasteiger charge is 2.58. The third-order valence-corrected chi connectivity index (χ3v) is 6.71. The van der Waals surface area contributed by atoms with Gasteiger partial charge in [0, 0.05) is 35.8 Å². The zero-order valence-electron chi connectivity index (χ0n) is 16.5. The molecule has 1 fully saturated rings. The fraction of sp³-hybridized carbons (Fsp3) is 0.455. The first-order valence-electron chi connectivity index (χ1n) is 9.65. The zero-order chi connectivity index (χ0) is 20.1. The van der Waals surface area contributed by atoms with Crippen molar-refractivity contribution in [1.82, 2.24) is 9.88 Å². The van der Waals surface area contributed by atoms with Crippen LogP contribution in [0.1, 0.15) is 29.4 Å². The van der Waals surface area contributed by atoms with Crippen LogP contribution in [0.2, 0.25) is 0 Å². The number of rotatable bonds is 2. The number of ether oxygens (including phenoxy) is 1. The number of nitrogens with zero attached hydrogens (tertiary/aromatic N) is 1. The largest absolute Gasteiger partial charge is 0.468 e. The maximum atomic E-state index is 13.3. The molecule has 0 radical (unpaired) electrons. The van der Waals surface area contributed by atoms with Gasteiger partial charge in [-0.2, -0.15) is 0 Å². The monoisotopic (exact) mass is 382 g/mol. The summed E-state index contributed by atoms with van der Waals surface area (Å²) in [6.45, 7) is 2.22. The number of allylic oxidation sites excluding steroid dienone is 1. The smallest absolute Gasteiger partial charge is 0.316 e. The molecule has 1 aromatic heterocycles. The number of nitrogens with one attached hydrogen (secondary N) is 1. The predicted molar refractivity (Wildman–Crippen MR) is 106 cm³/mol. The number of fused-ring (bicyclic) bond motifs is 5. The Morgan fingerprint density at radius 3 is 2.82 bits per heavy atom. The lowest BCUT2D eigenvalue weighted by Crippen LogP contribution is -2.63. The zero-order valence-corrected chi connectivity index (χ0v) is 16.5. The number of aromatic nitrogens is 1. The lowest BCUT2D eigenvalue weighted by molar-refractivity contribution is -0.168. The SMILES string of the molecule is C/C=C1\CN(C)[C@H]2Cc3c([nH]c4ccccc34)C(=O)C[C@@H]1[C@]2(CO)C(=O)OC. The average molecular weight is 382 g/mol. The Kier molecular flexibility index (Phi) is 4.63. The van der Waals surface area contributed by atoms with Crippen LogP contribution in [0.4, 0.5) is 0 Å². The molecule has 148 valence electrons. The first kappa shape index (κ1) is 18.9. The van der Waals surface area contributed by atoms with Gasteiger partial charge >= 0.3 is 5.97 Å². The average Bonchev–Trinajstić information content (AvgIpc) is 3.07. The van der Waals surface area contributed by atoms with Gasteiger partial charge in [0.2, 0.25) is 0 Å². The number of hydrogen-bond acceptors (Lipinski definition) is 5. The number of likely N-dealkylation sites (N-methyl/N-ethyl adjacent to an activating group) is 1. The number of aliphatic hydroxyl groups is 1. The van der Waals surface area contributed by atoms with Gasteiger partial charge in [-0.1, -0.05) is 29.8 Å². The van der Waals surface area contributed by atoms with Crippen LogP contribution in [-0.2, 0) is 16.0 Å². The fourth-order valence-electron chi connectivity index (χ4n) is 5.29. The highest BCUT2D eigenvalue weighted by Crippen LogP contribution is 2.49. The molecule has 0 amide bonds. The van der Waals surface area contributed by atoms with E-state index in [4.69, 9.17) is 4.74 Å². The number of aromatic amines is 1. The highest BCUT2D eigenvalue weighted by atomic mass is 16.5. The molecule has 0 saturated carbocycles. The Labute approximate surface area is 164 Å². The number of Topliss-reactive ketones (excluding diaryl/α,β-unsaturated/α-hetero) is 1. The number of aliphatic hydroxyl groups excluding tert-OH is 1. The summed E-state index contributed by atoms with van der Waals surface area (Å²) in [5.74, 6) is -0.865. The number of piperidine rings is 1. The molecule has 1 saturated heterocycles. The van der Waals surface area contributed by atoms with E-state index in [0.29, 0.717) is 18.7 Å². The fourth-order valence-corrected chi connectivity index (χ4v) is 5.29. The number of methoxy groups -OCH3 is 1. The first-order valence-corrected chi connectivity index (χ1v) is 9.65. The van der Waals surface area contributed by atoms with Crippen LogP contribution in [0.3, 0.4) is 0 Å². The first-order chi connectivity index (χ1) is 13.5. The molecule has 2 aromatic rings. The molecule has 1 aromatic carbocycles. The number of ketones is 1. The lowest BCUT2D eigenvalue weighted by atomic mass is 9.60.